The minimum Gasteiger partial charge on any atom is -0.379 e. The molecule has 118 valence electrons. The van der Waals surface area contributed by atoms with Crippen molar-refractivity contribution in [3.05, 3.63) is 23.8 Å². The number of amides is 1. The molecule has 1 aliphatic heterocycles. The zero-order valence-electron chi connectivity index (χ0n) is 12.4. The van der Waals surface area contributed by atoms with Gasteiger partial charge in [0, 0.05) is 25.3 Å². The van der Waals surface area contributed by atoms with E-state index in [0.29, 0.717) is 30.8 Å². The fourth-order valence-corrected chi connectivity index (χ4v) is 2.45. The summed E-state index contributed by atoms with van der Waals surface area (Å²) in [7, 11) is 0. The number of fused-ring (bicyclic) bond motifs is 1. The van der Waals surface area contributed by atoms with Gasteiger partial charge in [0.25, 0.3) is 5.91 Å². The second-order valence-corrected chi connectivity index (χ2v) is 5.35. The second kappa shape index (κ2) is 7.33. The van der Waals surface area contributed by atoms with Crippen LogP contribution in [0.2, 0.25) is 0 Å². The third kappa shape index (κ3) is 3.80. The fraction of sp³-hybridized carbons (Fsp3) is 0.533. The Morgan fingerprint density at radius 1 is 1.41 bits per heavy atom. The van der Waals surface area contributed by atoms with E-state index in [1.54, 1.807) is 18.2 Å². The van der Waals surface area contributed by atoms with E-state index in [1.165, 1.54) is 0 Å². The van der Waals surface area contributed by atoms with E-state index in [-0.39, 0.29) is 12.0 Å². The predicted molar refractivity (Wildman–Crippen MR) is 80.6 cm³/mol. The van der Waals surface area contributed by atoms with Crippen molar-refractivity contribution in [3.8, 4) is 0 Å². The van der Waals surface area contributed by atoms with Crippen LogP contribution in [0.5, 0.6) is 0 Å². The first-order valence-electron chi connectivity index (χ1n) is 7.61. The minimum absolute atomic E-state index is 0.107. The maximum Gasteiger partial charge on any atom is 0.251 e. The molecule has 3 rings (SSSR count). The number of carbonyl (C=O) groups excluding carboxylic acids is 1. The van der Waals surface area contributed by atoms with Crippen LogP contribution < -0.4 is 5.32 Å². The lowest BCUT2D eigenvalue weighted by Gasteiger charge is -2.10. The number of aromatic nitrogens is 3. The van der Waals surface area contributed by atoms with Gasteiger partial charge in [-0.05, 0) is 37.5 Å². The Hall–Kier alpha value is -1.99. The Labute approximate surface area is 128 Å². The van der Waals surface area contributed by atoms with E-state index in [1.807, 2.05) is 0 Å². The molecular formula is C15H20N4O3. The molecule has 22 heavy (non-hydrogen) atoms. The molecule has 0 radical (unpaired) electrons. The SMILES string of the molecule is O=C(NCCCOC[C@@H]1CCCO1)c1ccc2n[nH]nc2c1. The van der Waals surface area contributed by atoms with Crippen LogP contribution in [0.3, 0.4) is 0 Å². The van der Waals surface area contributed by atoms with E-state index >= 15 is 0 Å². The molecule has 2 aromatic rings. The van der Waals surface area contributed by atoms with Gasteiger partial charge in [-0.2, -0.15) is 15.4 Å². The molecule has 7 heteroatoms. The molecule has 1 aromatic carbocycles. The zero-order valence-corrected chi connectivity index (χ0v) is 12.4. The number of ether oxygens (including phenoxy) is 2. The third-order valence-corrected chi connectivity index (χ3v) is 3.66. The van der Waals surface area contributed by atoms with Crippen molar-refractivity contribution in [3.63, 3.8) is 0 Å². The number of hydrogen-bond donors (Lipinski definition) is 2. The molecule has 1 aliphatic rings. The Morgan fingerprint density at radius 2 is 2.32 bits per heavy atom. The lowest BCUT2D eigenvalue weighted by Crippen LogP contribution is -2.25. The van der Waals surface area contributed by atoms with Gasteiger partial charge in [-0.3, -0.25) is 4.79 Å². The average Bonchev–Trinajstić information content (AvgIpc) is 3.20. The lowest BCUT2D eigenvalue weighted by molar-refractivity contribution is 0.0166. The number of benzene rings is 1. The molecule has 1 fully saturated rings. The summed E-state index contributed by atoms with van der Waals surface area (Å²) in [5, 5.41) is 13.3. The quantitative estimate of drug-likeness (QED) is 0.752. The first kappa shape index (κ1) is 14.9. The number of nitrogens with one attached hydrogen (secondary N) is 2. The summed E-state index contributed by atoms with van der Waals surface area (Å²) in [6.45, 7) is 2.71. The minimum atomic E-state index is -0.107. The highest BCUT2D eigenvalue weighted by Crippen LogP contribution is 2.12. The molecule has 1 amide bonds. The molecule has 1 saturated heterocycles. The normalized spacial score (nSPS) is 17.9. The van der Waals surface area contributed by atoms with Gasteiger partial charge in [0.15, 0.2) is 0 Å². The standard InChI is InChI=1S/C15H20N4O3/c20-15(11-4-5-13-14(9-11)18-19-17-13)16-6-2-7-21-10-12-3-1-8-22-12/h4-5,9,12H,1-3,6-8,10H2,(H,16,20)(H,17,18,19)/t12-/m0/s1. The van der Waals surface area contributed by atoms with Gasteiger partial charge in [-0.15, -0.1) is 0 Å². The number of carbonyl (C=O) groups is 1. The van der Waals surface area contributed by atoms with E-state index in [0.717, 1.165) is 31.4 Å². The highest BCUT2D eigenvalue weighted by molar-refractivity contribution is 5.97. The van der Waals surface area contributed by atoms with Crippen molar-refractivity contribution in [2.75, 3.05) is 26.4 Å². The van der Waals surface area contributed by atoms with Crippen LogP contribution in [0, 0.1) is 0 Å². The van der Waals surface area contributed by atoms with Crippen LogP contribution >= 0.6 is 0 Å². The zero-order chi connectivity index (χ0) is 15.2. The monoisotopic (exact) mass is 304 g/mol. The van der Waals surface area contributed by atoms with Crippen LogP contribution in [-0.2, 0) is 9.47 Å². The van der Waals surface area contributed by atoms with Gasteiger partial charge in [0.1, 0.15) is 11.0 Å². The Morgan fingerprint density at radius 3 is 3.18 bits per heavy atom. The van der Waals surface area contributed by atoms with Crippen molar-refractivity contribution in [2.45, 2.75) is 25.4 Å². The second-order valence-electron chi connectivity index (χ2n) is 5.35. The number of aromatic amines is 1. The van der Waals surface area contributed by atoms with E-state index in [9.17, 15) is 4.79 Å². The summed E-state index contributed by atoms with van der Waals surface area (Å²) in [5.74, 6) is -0.107. The Bertz CT molecular complexity index is 622. The van der Waals surface area contributed by atoms with Crippen molar-refractivity contribution in [1.29, 1.82) is 0 Å². The van der Waals surface area contributed by atoms with Crippen molar-refractivity contribution < 1.29 is 14.3 Å². The molecule has 2 heterocycles. The Kier molecular flexibility index (Phi) is 4.97. The third-order valence-electron chi connectivity index (χ3n) is 3.66. The first-order chi connectivity index (χ1) is 10.8. The average molecular weight is 304 g/mol. The Balaban J connectivity index is 1.35. The van der Waals surface area contributed by atoms with E-state index in [2.05, 4.69) is 20.7 Å². The van der Waals surface area contributed by atoms with Crippen LogP contribution in [0.4, 0.5) is 0 Å². The van der Waals surface area contributed by atoms with Gasteiger partial charge in [-0.25, -0.2) is 0 Å². The molecule has 1 aromatic heterocycles. The number of nitrogens with zero attached hydrogens (tertiary/aromatic N) is 2. The molecule has 0 aliphatic carbocycles. The maximum atomic E-state index is 12.0. The molecule has 0 bridgehead atoms. The van der Waals surface area contributed by atoms with Crippen LogP contribution in [0.25, 0.3) is 11.0 Å². The summed E-state index contributed by atoms with van der Waals surface area (Å²) in [5.41, 5.74) is 2.02. The number of hydrogen-bond acceptors (Lipinski definition) is 5. The molecule has 2 N–H and O–H groups in total. The smallest absolute Gasteiger partial charge is 0.251 e. The molecular weight excluding hydrogens is 284 g/mol. The van der Waals surface area contributed by atoms with E-state index in [4.69, 9.17) is 9.47 Å². The summed E-state index contributed by atoms with van der Waals surface area (Å²) in [6.07, 6.45) is 3.25. The number of H-pyrrole nitrogens is 1. The van der Waals surface area contributed by atoms with Crippen molar-refractivity contribution in [1.82, 2.24) is 20.7 Å². The molecule has 7 nitrogen and oxygen atoms in total. The maximum absolute atomic E-state index is 12.0. The van der Waals surface area contributed by atoms with Gasteiger partial charge in [0.2, 0.25) is 0 Å². The van der Waals surface area contributed by atoms with Crippen molar-refractivity contribution >= 4 is 16.9 Å². The summed E-state index contributed by atoms with van der Waals surface area (Å²) in [4.78, 5) is 12.0. The predicted octanol–water partition coefficient (Wildman–Crippen LogP) is 1.27. The van der Waals surface area contributed by atoms with Crippen LogP contribution in [-0.4, -0.2) is 53.8 Å². The fourth-order valence-electron chi connectivity index (χ4n) is 2.45. The topological polar surface area (TPSA) is 89.1 Å². The lowest BCUT2D eigenvalue weighted by atomic mass is 10.2. The van der Waals surface area contributed by atoms with E-state index < -0.39 is 0 Å². The molecule has 0 unspecified atom stereocenters. The highest BCUT2D eigenvalue weighted by atomic mass is 16.5. The summed E-state index contributed by atoms with van der Waals surface area (Å²) < 4.78 is 11.0. The molecule has 0 spiro atoms. The molecule has 1 atom stereocenters. The first-order valence-corrected chi connectivity index (χ1v) is 7.61. The largest absolute Gasteiger partial charge is 0.379 e. The highest BCUT2D eigenvalue weighted by Gasteiger charge is 2.15. The van der Waals surface area contributed by atoms with Crippen molar-refractivity contribution in [2.24, 2.45) is 0 Å². The van der Waals surface area contributed by atoms with Crippen LogP contribution in [0.15, 0.2) is 18.2 Å². The number of rotatable bonds is 7. The van der Waals surface area contributed by atoms with Gasteiger partial charge < -0.3 is 14.8 Å². The van der Waals surface area contributed by atoms with Gasteiger partial charge in [0.05, 0.1) is 12.7 Å². The molecule has 0 saturated carbocycles. The van der Waals surface area contributed by atoms with Gasteiger partial charge in [-0.1, -0.05) is 0 Å². The van der Waals surface area contributed by atoms with Gasteiger partial charge >= 0.3 is 0 Å². The van der Waals surface area contributed by atoms with Crippen LogP contribution in [0.1, 0.15) is 29.6 Å². The summed E-state index contributed by atoms with van der Waals surface area (Å²) in [6, 6.07) is 5.24. The summed E-state index contributed by atoms with van der Waals surface area (Å²) >= 11 is 0.